The molecule has 1 aliphatic rings. The van der Waals surface area contributed by atoms with Crippen LogP contribution in [0.4, 0.5) is 5.69 Å². The maximum absolute atomic E-state index is 12.5. The van der Waals surface area contributed by atoms with Gasteiger partial charge in [-0.05, 0) is 31.0 Å². The molecule has 0 radical (unpaired) electrons. The summed E-state index contributed by atoms with van der Waals surface area (Å²) in [7, 11) is 0. The minimum atomic E-state index is -0.296. The zero-order valence-corrected chi connectivity index (χ0v) is 12.0. The molecule has 3 rings (SSSR count). The number of carbonyl (C=O) groups is 1. The van der Waals surface area contributed by atoms with Gasteiger partial charge in [-0.3, -0.25) is 4.79 Å². The molecule has 104 valence electrons. The lowest BCUT2D eigenvalue weighted by atomic mass is 9.97. The molecule has 1 aromatic carbocycles. The molecule has 4 nitrogen and oxygen atoms in total. The number of benzene rings is 1. The van der Waals surface area contributed by atoms with Gasteiger partial charge in [-0.15, -0.1) is 11.3 Å². The minimum absolute atomic E-state index is 0.0746. The summed E-state index contributed by atoms with van der Waals surface area (Å²) in [4.78, 5) is 16.9. The van der Waals surface area contributed by atoms with E-state index < -0.39 is 0 Å². The second-order valence-corrected chi connectivity index (χ2v) is 6.10. The van der Waals surface area contributed by atoms with Crippen LogP contribution in [0.15, 0.2) is 35.8 Å². The topological polar surface area (TPSA) is 68.0 Å². The van der Waals surface area contributed by atoms with E-state index in [2.05, 4.69) is 10.3 Å². The Morgan fingerprint density at radius 3 is 2.80 bits per heavy atom. The van der Waals surface area contributed by atoms with Crippen molar-refractivity contribution in [2.75, 3.05) is 5.73 Å². The van der Waals surface area contributed by atoms with Crippen molar-refractivity contribution < 1.29 is 4.79 Å². The van der Waals surface area contributed by atoms with E-state index in [1.165, 1.54) is 0 Å². The van der Waals surface area contributed by atoms with Crippen molar-refractivity contribution in [3.05, 3.63) is 46.4 Å². The highest BCUT2D eigenvalue weighted by molar-refractivity contribution is 7.09. The van der Waals surface area contributed by atoms with Crippen molar-refractivity contribution in [1.29, 1.82) is 0 Å². The number of carbonyl (C=O) groups excluding carboxylic acids is 1. The van der Waals surface area contributed by atoms with E-state index in [0.29, 0.717) is 11.3 Å². The maximum Gasteiger partial charge on any atom is 0.252 e. The second kappa shape index (κ2) is 5.25. The average Bonchev–Trinajstić information content (AvgIpc) is 3.10. The van der Waals surface area contributed by atoms with Crippen LogP contribution in [0.2, 0.25) is 0 Å². The first kappa shape index (κ1) is 13.1. The van der Waals surface area contributed by atoms with Gasteiger partial charge in [-0.1, -0.05) is 18.9 Å². The number of amides is 1. The van der Waals surface area contributed by atoms with Gasteiger partial charge in [-0.2, -0.15) is 0 Å². The highest BCUT2D eigenvalue weighted by Crippen LogP contribution is 2.39. The fraction of sp³-hybridized carbons (Fsp3) is 0.333. The van der Waals surface area contributed by atoms with E-state index in [9.17, 15) is 4.79 Å². The first-order chi connectivity index (χ1) is 9.70. The van der Waals surface area contributed by atoms with Crippen molar-refractivity contribution in [1.82, 2.24) is 10.3 Å². The second-order valence-electron chi connectivity index (χ2n) is 5.21. The molecule has 1 amide bonds. The van der Waals surface area contributed by atoms with E-state index in [4.69, 9.17) is 5.73 Å². The fourth-order valence-corrected chi connectivity index (χ4v) is 3.65. The zero-order valence-electron chi connectivity index (χ0n) is 11.1. The van der Waals surface area contributed by atoms with Gasteiger partial charge in [-0.25, -0.2) is 4.98 Å². The van der Waals surface area contributed by atoms with Crippen LogP contribution in [-0.4, -0.2) is 10.9 Å². The predicted octanol–water partition coefficient (Wildman–Crippen LogP) is 2.92. The number of rotatable bonds is 3. The Bertz CT molecular complexity index is 603. The average molecular weight is 287 g/mol. The molecule has 0 atom stereocenters. The quantitative estimate of drug-likeness (QED) is 0.853. The van der Waals surface area contributed by atoms with Crippen LogP contribution < -0.4 is 11.1 Å². The third kappa shape index (κ3) is 2.41. The summed E-state index contributed by atoms with van der Waals surface area (Å²) in [5.41, 5.74) is 6.65. The SMILES string of the molecule is Nc1cccc(C(=O)NC2(c3nccs3)CCCC2)c1. The molecule has 3 N–H and O–H groups in total. The third-order valence-corrected chi connectivity index (χ3v) is 4.78. The van der Waals surface area contributed by atoms with Crippen LogP contribution in [0.1, 0.15) is 41.0 Å². The number of aromatic nitrogens is 1. The molecule has 1 saturated carbocycles. The molecule has 1 fully saturated rings. The Hall–Kier alpha value is -1.88. The summed E-state index contributed by atoms with van der Waals surface area (Å²) in [5.74, 6) is -0.0746. The molecular formula is C15H17N3OS. The Kier molecular flexibility index (Phi) is 3.44. The van der Waals surface area contributed by atoms with Crippen LogP contribution in [0.5, 0.6) is 0 Å². The van der Waals surface area contributed by atoms with Gasteiger partial charge in [0.05, 0.1) is 5.54 Å². The van der Waals surface area contributed by atoms with Gasteiger partial charge < -0.3 is 11.1 Å². The number of nitrogens with one attached hydrogen (secondary N) is 1. The number of nitrogens with two attached hydrogens (primary N) is 1. The van der Waals surface area contributed by atoms with Gasteiger partial charge in [0.2, 0.25) is 0 Å². The lowest BCUT2D eigenvalue weighted by Crippen LogP contribution is -2.43. The van der Waals surface area contributed by atoms with E-state index in [1.807, 2.05) is 5.38 Å². The lowest BCUT2D eigenvalue weighted by molar-refractivity contribution is 0.0898. The lowest BCUT2D eigenvalue weighted by Gasteiger charge is -2.28. The molecule has 0 spiro atoms. The van der Waals surface area contributed by atoms with Crippen molar-refractivity contribution in [3.63, 3.8) is 0 Å². The number of hydrogen-bond donors (Lipinski definition) is 2. The van der Waals surface area contributed by atoms with Crippen LogP contribution in [0, 0.1) is 0 Å². The van der Waals surface area contributed by atoms with Crippen molar-refractivity contribution >= 4 is 22.9 Å². The monoisotopic (exact) mass is 287 g/mol. The zero-order chi connectivity index (χ0) is 14.0. The molecule has 0 aliphatic heterocycles. The van der Waals surface area contributed by atoms with Crippen LogP contribution in [-0.2, 0) is 5.54 Å². The normalized spacial score (nSPS) is 17.0. The number of nitrogens with zero attached hydrogens (tertiary/aromatic N) is 1. The molecule has 20 heavy (non-hydrogen) atoms. The summed E-state index contributed by atoms with van der Waals surface area (Å²) in [6.07, 6.45) is 5.95. The Morgan fingerprint density at radius 2 is 2.15 bits per heavy atom. The molecule has 1 aromatic heterocycles. The fourth-order valence-electron chi connectivity index (χ4n) is 2.80. The summed E-state index contributed by atoms with van der Waals surface area (Å²) in [6, 6.07) is 7.08. The van der Waals surface area contributed by atoms with Crippen LogP contribution in [0.25, 0.3) is 0 Å². The first-order valence-electron chi connectivity index (χ1n) is 6.78. The number of nitrogen functional groups attached to an aromatic ring is 1. The Balaban J connectivity index is 1.86. The third-order valence-electron chi connectivity index (χ3n) is 3.80. The molecule has 2 aromatic rings. The molecule has 1 heterocycles. The molecule has 0 bridgehead atoms. The highest BCUT2D eigenvalue weighted by Gasteiger charge is 2.39. The number of thiazole rings is 1. The highest BCUT2D eigenvalue weighted by atomic mass is 32.1. The van der Waals surface area contributed by atoms with Gasteiger partial charge in [0.1, 0.15) is 5.01 Å². The van der Waals surface area contributed by atoms with Gasteiger partial charge in [0.15, 0.2) is 0 Å². The molecular weight excluding hydrogens is 270 g/mol. The number of anilines is 1. The van der Waals surface area contributed by atoms with E-state index in [1.54, 1.807) is 41.8 Å². The minimum Gasteiger partial charge on any atom is -0.399 e. The van der Waals surface area contributed by atoms with Crippen LogP contribution in [0.3, 0.4) is 0 Å². The van der Waals surface area contributed by atoms with Crippen molar-refractivity contribution in [2.45, 2.75) is 31.2 Å². The van der Waals surface area contributed by atoms with Gasteiger partial charge >= 0.3 is 0 Å². The molecule has 0 saturated heterocycles. The molecule has 5 heteroatoms. The maximum atomic E-state index is 12.5. The van der Waals surface area contributed by atoms with Crippen molar-refractivity contribution in [3.8, 4) is 0 Å². The first-order valence-corrected chi connectivity index (χ1v) is 7.66. The van der Waals surface area contributed by atoms with Crippen LogP contribution >= 0.6 is 11.3 Å². The molecule has 1 aliphatic carbocycles. The molecule has 0 unspecified atom stereocenters. The largest absolute Gasteiger partial charge is 0.399 e. The smallest absolute Gasteiger partial charge is 0.252 e. The Labute approximate surface area is 122 Å². The van der Waals surface area contributed by atoms with Crippen molar-refractivity contribution in [2.24, 2.45) is 0 Å². The predicted molar refractivity (Wildman–Crippen MR) is 80.6 cm³/mol. The van der Waals surface area contributed by atoms with E-state index in [0.717, 1.165) is 30.7 Å². The standard InChI is InChI=1S/C15H17N3OS/c16-12-5-3-4-11(10-12)13(19)18-15(6-1-2-7-15)14-17-8-9-20-14/h3-5,8-10H,1-2,6-7,16H2,(H,18,19). The Morgan fingerprint density at radius 1 is 1.35 bits per heavy atom. The van der Waals surface area contributed by atoms with Gasteiger partial charge in [0, 0.05) is 22.8 Å². The summed E-state index contributed by atoms with van der Waals surface area (Å²) >= 11 is 1.61. The van der Waals surface area contributed by atoms with E-state index >= 15 is 0 Å². The summed E-state index contributed by atoms with van der Waals surface area (Å²) in [6.45, 7) is 0. The number of hydrogen-bond acceptors (Lipinski definition) is 4. The summed E-state index contributed by atoms with van der Waals surface area (Å²) in [5, 5.41) is 6.16. The van der Waals surface area contributed by atoms with E-state index in [-0.39, 0.29) is 11.4 Å². The van der Waals surface area contributed by atoms with Gasteiger partial charge in [0.25, 0.3) is 5.91 Å². The summed E-state index contributed by atoms with van der Waals surface area (Å²) < 4.78 is 0.